The molecule has 0 bridgehead atoms. The number of thiol groups is 2. The molecule has 0 fully saturated rings. The molecular formula is C10H22S5. The number of unbranched alkanes of at least 4 members (excludes halogenated alkanes) is 4. The summed E-state index contributed by atoms with van der Waals surface area (Å²) in [6.45, 7) is 2.26. The highest BCUT2D eigenvalue weighted by Crippen LogP contribution is 2.39. The molecule has 0 aliphatic heterocycles. The van der Waals surface area contributed by atoms with Crippen LogP contribution in [0.15, 0.2) is 0 Å². The van der Waals surface area contributed by atoms with Crippen LogP contribution >= 0.6 is 56.7 Å². The maximum absolute atomic E-state index is 4.40. The molecule has 1 unspecified atom stereocenters. The minimum Gasteiger partial charge on any atom is -0.178 e. The van der Waals surface area contributed by atoms with Crippen molar-refractivity contribution in [2.24, 2.45) is 0 Å². The summed E-state index contributed by atoms with van der Waals surface area (Å²) in [4.78, 5) is 0. The second-order valence-corrected chi connectivity index (χ2v) is 8.96. The Hall–Kier alpha value is 1.75. The van der Waals surface area contributed by atoms with Crippen LogP contribution < -0.4 is 0 Å². The lowest BCUT2D eigenvalue weighted by atomic mass is 10.1. The molecule has 0 nitrogen and oxygen atoms in total. The molecule has 0 spiro atoms. The molecule has 0 aliphatic carbocycles. The Kier molecular flexibility index (Phi) is 15.4. The minimum atomic E-state index is 0.715. The van der Waals surface area contributed by atoms with Gasteiger partial charge in [-0.2, -0.15) is 25.3 Å². The van der Waals surface area contributed by atoms with E-state index in [9.17, 15) is 0 Å². The van der Waals surface area contributed by atoms with Crippen molar-refractivity contribution in [2.45, 2.75) is 50.7 Å². The molecule has 5 heteroatoms. The first kappa shape index (κ1) is 16.8. The topological polar surface area (TPSA) is 0 Å². The lowest BCUT2D eigenvalue weighted by Gasteiger charge is -2.12. The molecule has 92 valence electrons. The number of hydrogen-bond acceptors (Lipinski definition) is 5. The molecule has 0 rings (SSSR count). The zero-order valence-corrected chi connectivity index (χ0v) is 13.6. The second kappa shape index (κ2) is 13.8. The van der Waals surface area contributed by atoms with E-state index in [0.717, 1.165) is 10.8 Å². The van der Waals surface area contributed by atoms with E-state index >= 15 is 0 Å². The van der Waals surface area contributed by atoms with E-state index in [1.54, 1.807) is 0 Å². The van der Waals surface area contributed by atoms with Gasteiger partial charge in [-0.05, 0) is 16.2 Å². The van der Waals surface area contributed by atoms with Gasteiger partial charge in [0.05, 0.1) is 0 Å². The van der Waals surface area contributed by atoms with Gasteiger partial charge in [0.1, 0.15) is 0 Å². The molecule has 15 heavy (non-hydrogen) atoms. The summed E-state index contributed by atoms with van der Waals surface area (Å²) in [5, 5.41) is 1.61. The van der Waals surface area contributed by atoms with Crippen molar-refractivity contribution >= 4 is 56.7 Å². The standard InChI is InChI=1S/C10H22S5/c1-2-3-4-5-6-7-10(8-11)14-15-13-9-12/h10-12H,2-9H2,1H3. The van der Waals surface area contributed by atoms with Crippen LogP contribution in [0.3, 0.4) is 0 Å². The fourth-order valence-electron chi connectivity index (χ4n) is 1.25. The first-order valence-electron chi connectivity index (χ1n) is 5.51. The molecule has 0 radical (unpaired) electrons. The Labute approximate surface area is 118 Å². The van der Waals surface area contributed by atoms with E-state index < -0.39 is 0 Å². The average molecular weight is 303 g/mol. The molecule has 0 saturated heterocycles. The SMILES string of the molecule is CCCCCCCC(CS)SSSCS. The fourth-order valence-corrected chi connectivity index (χ4v) is 6.66. The number of hydrogen-bond donors (Lipinski definition) is 2. The van der Waals surface area contributed by atoms with Gasteiger partial charge in [0, 0.05) is 16.1 Å². The molecule has 0 heterocycles. The van der Waals surface area contributed by atoms with E-state index in [4.69, 9.17) is 0 Å². The predicted molar refractivity (Wildman–Crippen MR) is 87.6 cm³/mol. The average Bonchev–Trinajstić information content (AvgIpc) is 2.26. The van der Waals surface area contributed by atoms with Gasteiger partial charge in [0.2, 0.25) is 0 Å². The molecule has 0 amide bonds. The van der Waals surface area contributed by atoms with E-state index in [1.165, 1.54) is 38.5 Å². The Morgan fingerprint density at radius 3 is 2.40 bits per heavy atom. The van der Waals surface area contributed by atoms with Crippen LogP contribution in [0.5, 0.6) is 0 Å². The van der Waals surface area contributed by atoms with Crippen molar-refractivity contribution in [3.63, 3.8) is 0 Å². The monoisotopic (exact) mass is 302 g/mol. The maximum Gasteiger partial charge on any atom is 0.0474 e. The molecule has 0 aromatic heterocycles. The van der Waals surface area contributed by atoms with Crippen LogP contribution in [0.25, 0.3) is 0 Å². The van der Waals surface area contributed by atoms with E-state index in [2.05, 4.69) is 32.2 Å². The third-order valence-corrected chi connectivity index (χ3v) is 7.93. The smallest absolute Gasteiger partial charge is 0.0474 e. The molecule has 0 saturated carbocycles. The van der Waals surface area contributed by atoms with Gasteiger partial charge >= 0.3 is 0 Å². The van der Waals surface area contributed by atoms with Crippen molar-refractivity contribution < 1.29 is 0 Å². The van der Waals surface area contributed by atoms with E-state index in [0.29, 0.717) is 5.25 Å². The van der Waals surface area contributed by atoms with Gasteiger partial charge in [-0.15, -0.1) is 0 Å². The summed E-state index contributed by atoms with van der Waals surface area (Å²) in [5.41, 5.74) is 0. The Balaban J connectivity index is 3.28. The Morgan fingerprint density at radius 1 is 1.07 bits per heavy atom. The third-order valence-electron chi connectivity index (χ3n) is 2.11. The number of rotatable bonds is 11. The van der Waals surface area contributed by atoms with Crippen LogP contribution in [-0.2, 0) is 0 Å². The summed E-state index contributed by atoms with van der Waals surface area (Å²) in [6.07, 6.45) is 8.20. The molecule has 0 aromatic rings. The van der Waals surface area contributed by atoms with Gasteiger partial charge in [0.25, 0.3) is 0 Å². The Bertz CT molecular complexity index is 120. The summed E-state index contributed by atoms with van der Waals surface area (Å²) < 4.78 is 0. The van der Waals surface area contributed by atoms with Crippen LogP contribution in [0.4, 0.5) is 0 Å². The molecule has 0 N–H and O–H groups in total. The van der Waals surface area contributed by atoms with Crippen LogP contribution in [0.1, 0.15) is 45.4 Å². The van der Waals surface area contributed by atoms with Gasteiger partial charge < -0.3 is 0 Å². The normalized spacial score (nSPS) is 13.0. The predicted octanol–water partition coefficient (Wildman–Crippen LogP) is 5.56. The summed E-state index contributed by atoms with van der Waals surface area (Å²) >= 11 is 8.57. The van der Waals surface area contributed by atoms with Crippen LogP contribution in [-0.4, -0.2) is 16.1 Å². The van der Waals surface area contributed by atoms with E-state index in [-0.39, 0.29) is 0 Å². The minimum absolute atomic E-state index is 0.715. The highest BCUT2D eigenvalue weighted by atomic mass is 33.5. The Morgan fingerprint density at radius 2 is 1.80 bits per heavy atom. The first-order chi connectivity index (χ1) is 7.35. The largest absolute Gasteiger partial charge is 0.178 e. The van der Waals surface area contributed by atoms with Gasteiger partial charge in [-0.25, -0.2) is 0 Å². The highest BCUT2D eigenvalue weighted by Gasteiger charge is 2.07. The van der Waals surface area contributed by atoms with Gasteiger partial charge in [-0.3, -0.25) is 0 Å². The second-order valence-electron chi connectivity index (χ2n) is 3.42. The van der Waals surface area contributed by atoms with Crippen molar-refractivity contribution in [1.82, 2.24) is 0 Å². The molecular weight excluding hydrogens is 280 g/mol. The first-order valence-corrected chi connectivity index (χ1v) is 10.5. The lowest BCUT2D eigenvalue weighted by Crippen LogP contribution is -2.02. The van der Waals surface area contributed by atoms with Crippen LogP contribution in [0, 0.1) is 0 Å². The van der Waals surface area contributed by atoms with Crippen molar-refractivity contribution in [2.75, 3.05) is 10.8 Å². The van der Waals surface area contributed by atoms with Crippen LogP contribution in [0.2, 0.25) is 0 Å². The third kappa shape index (κ3) is 12.0. The molecule has 0 aromatic carbocycles. The highest BCUT2D eigenvalue weighted by molar-refractivity contribution is 9.09. The van der Waals surface area contributed by atoms with Crippen molar-refractivity contribution in [1.29, 1.82) is 0 Å². The maximum atomic E-state index is 4.40. The quantitative estimate of drug-likeness (QED) is 0.222. The fraction of sp³-hybridized carbons (Fsp3) is 1.00. The zero-order chi connectivity index (χ0) is 11.4. The van der Waals surface area contributed by atoms with Gasteiger partial charge in [0.15, 0.2) is 0 Å². The van der Waals surface area contributed by atoms with Gasteiger partial charge in [-0.1, -0.05) is 60.6 Å². The summed E-state index contributed by atoms with van der Waals surface area (Å²) in [7, 11) is 5.64. The van der Waals surface area contributed by atoms with Crippen molar-refractivity contribution in [3.8, 4) is 0 Å². The molecule has 0 aliphatic rings. The summed E-state index contributed by atoms with van der Waals surface area (Å²) in [6, 6.07) is 0. The summed E-state index contributed by atoms with van der Waals surface area (Å²) in [5.74, 6) is 0.999. The molecule has 1 atom stereocenters. The van der Waals surface area contributed by atoms with Crippen molar-refractivity contribution in [3.05, 3.63) is 0 Å². The zero-order valence-electron chi connectivity index (χ0n) is 9.35. The van der Waals surface area contributed by atoms with E-state index in [1.807, 2.05) is 31.4 Å². The lowest BCUT2D eigenvalue weighted by molar-refractivity contribution is 0.609.